The summed E-state index contributed by atoms with van der Waals surface area (Å²) in [5.74, 6) is 0. The molecule has 0 nitrogen and oxygen atoms in total. The van der Waals surface area contributed by atoms with Crippen molar-refractivity contribution < 1.29 is 0 Å². The third-order valence-electron chi connectivity index (χ3n) is 2.01. The van der Waals surface area contributed by atoms with Gasteiger partial charge in [0.15, 0.2) is 0 Å². The van der Waals surface area contributed by atoms with Crippen molar-refractivity contribution in [2.24, 2.45) is 0 Å². The Morgan fingerprint density at radius 1 is 0.929 bits per heavy atom. The van der Waals surface area contributed by atoms with E-state index in [1.54, 1.807) is 5.57 Å². The fraction of sp³-hybridized carbons (Fsp3) is 0.818. The van der Waals surface area contributed by atoms with Crippen LogP contribution in [-0.2, 0) is 0 Å². The molecule has 14 heavy (non-hydrogen) atoms. The van der Waals surface area contributed by atoms with Crippen molar-refractivity contribution in [3.05, 3.63) is 11.6 Å². The molecule has 0 aromatic carbocycles. The van der Waals surface area contributed by atoms with Crippen molar-refractivity contribution >= 4 is 26.4 Å². The van der Waals surface area contributed by atoms with E-state index in [1.807, 2.05) is 0 Å². The monoisotopic (exact) mass is 244 g/mol. The van der Waals surface area contributed by atoms with Gasteiger partial charge < -0.3 is 0 Å². The van der Waals surface area contributed by atoms with E-state index in [0.29, 0.717) is 0 Å². The van der Waals surface area contributed by atoms with Gasteiger partial charge in [-0.25, -0.2) is 0 Å². The number of rotatable bonds is 5. The Labute approximate surface area is 95.6 Å². The van der Waals surface area contributed by atoms with Crippen LogP contribution in [0.5, 0.6) is 0 Å². The molecule has 0 amide bonds. The average molecular weight is 245 g/mol. The van der Waals surface area contributed by atoms with E-state index in [-0.39, 0.29) is 0 Å². The molecule has 0 N–H and O–H groups in total. The molecule has 0 fully saturated rings. The van der Waals surface area contributed by atoms with Gasteiger partial charge >= 0.3 is 0 Å². The largest absolute Gasteiger partial charge is 0.0894 e. The second-order valence-electron chi connectivity index (χ2n) is 6.75. The summed E-state index contributed by atoms with van der Waals surface area (Å²) >= 11 is 0. The van der Waals surface area contributed by atoms with Crippen molar-refractivity contribution in [3.63, 3.8) is 0 Å². The zero-order valence-electron chi connectivity index (χ0n) is 11.2. The van der Waals surface area contributed by atoms with E-state index in [9.17, 15) is 0 Å². The minimum absolute atomic E-state index is 0.888. The highest BCUT2D eigenvalue weighted by atomic mass is 28.3. The maximum absolute atomic E-state index is 2.54. The lowest BCUT2D eigenvalue weighted by Crippen LogP contribution is -2.25. The van der Waals surface area contributed by atoms with Crippen molar-refractivity contribution in [2.45, 2.75) is 57.4 Å². The van der Waals surface area contributed by atoms with Gasteiger partial charge in [-0.1, -0.05) is 50.9 Å². The lowest BCUT2D eigenvalue weighted by molar-refractivity contribution is 1.25. The van der Waals surface area contributed by atoms with Gasteiger partial charge in [-0.15, -0.1) is 0 Å². The number of allylic oxidation sites excluding steroid dienone is 2. The van der Waals surface area contributed by atoms with Crippen LogP contribution in [0.25, 0.3) is 0 Å². The van der Waals surface area contributed by atoms with Crippen LogP contribution in [0, 0.1) is 0 Å². The molecular weight excluding hydrogens is 216 g/mol. The van der Waals surface area contributed by atoms with Crippen LogP contribution < -0.4 is 0 Å². The van der Waals surface area contributed by atoms with Crippen molar-refractivity contribution in [1.82, 2.24) is 0 Å². The number of hydrogen-bond acceptors (Lipinski definition) is 0. The molecule has 84 valence electrons. The molecule has 0 aromatic heterocycles. The van der Waals surface area contributed by atoms with E-state index in [4.69, 9.17) is 0 Å². The summed E-state index contributed by atoms with van der Waals surface area (Å²) in [6.07, 6.45) is 2.54. The van der Waals surface area contributed by atoms with E-state index in [2.05, 4.69) is 45.4 Å². The van der Waals surface area contributed by atoms with E-state index >= 15 is 0 Å². The van der Waals surface area contributed by atoms with Crippen LogP contribution in [0.2, 0.25) is 57.4 Å². The first-order valence-corrected chi connectivity index (χ1v) is 14.6. The highest BCUT2D eigenvalue weighted by Gasteiger charge is 2.20. The van der Waals surface area contributed by atoms with Crippen LogP contribution in [0.15, 0.2) is 11.6 Å². The molecule has 0 spiro atoms. The predicted octanol–water partition coefficient (Wildman–Crippen LogP) is 3.37. The van der Waals surface area contributed by atoms with Gasteiger partial charge in [-0.2, -0.15) is 0 Å². The van der Waals surface area contributed by atoms with E-state index in [1.165, 1.54) is 28.4 Å². The SMILES string of the molecule is C[Si](C)(C)CC(=CC[SiH3])C[Si](C)(C)C. The third kappa shape index (κ3) is 8.97. The average Bonchev–Trinajstić information content (AvgIpc) is 1.78. The summed E-state index contributed by atoms with van der Waals surface area (Å²) in [5.41, 5.74) is 1.79. The summed E-state index contributed by atoms with van der Waals surface area (Å²) in [6.45, 7) is 14.9. The normalized spacial score (nSPS) is 13.0. The highest BCUT2D eigenvalue weighted by Crippen LogP contribution is 2.25. The smallest absolute Gasteiger partial charge is 0.0483 e. The third-order valence-corrected chi connectivity index (χ3v) is 5.45. The summed E-state index contributed by atoms with van der Waals surface area (Å²) < 4.78 is 0. The first-order valence-electron chi connectivity index (χ1n) is 5.82. The Bertz CT molecular complexity index is 176. The Hall–Kier alpha value is 0.391. The maximum Gasteiger partial charge on any atom is 0.0483 e. The molecule has 0 aliphatic carbocycles. The minimum Gasteiger partial charge on any atom is -0.0894 e. The zero-order valence-corrected chi connectivity index (χ0v) is 15.2. The minimum atomic E-state index is -0.888. The van der Waals surface area contributed by atoms with Gasteiger partial charge in [0.1, 0.15) is 0 Å². The summed E-state index contributed by atoms with van der Waals surface area (Å²) in [5, 5.41) is 0. The molecule has 0 aliphatic rings. The summed E-state index contributed by atoms with van der Waals surface area (Å²) in [4.78, 5) is 0. The first kappa shape index (κ1) is 14.4. The fourth-order valence-corrected chi connectivity index (χ4v) is 5.95. The van der Waals surface area contributed by atoms with Gasteiger partial charge in [0, 0.05) is 26.4 Å². The van der Waals surface area contributed by atoms with Gasteiger partial charge in [0.05, 0.1) is 0 Å². The van der Waals surface area contributed by atoms with E-state index in [0.717, 1.165) is 0 Å². The zero-order chi connectivity index (χ0) is 11.4. The van der Waals surface area contributed by atoms with Crippen molar-refractivity contribution in [3.8, 4) is 0 Å². The Balaban J connectivity index is 4.41. The molecule has 0 saturated carbocycles. The molecular formula is C11H28Si3. The van der Waals surface area contributed by atoms with Gasteiger partial charge in [-0.3, -0.25) is 0 Å². The van der Waals surface area contributed by atoms with Crippen molar-refractivity contribution in [1.29, 1.82) is 0 Å². The topological polar surface area (TPSA) is 0 Å². The standard InChI is InChI=1S/C11H28Si3/c1-13(2,3)9-11(7-8-12)10-14(4,5)6/h7H,8-10H2,1-6,12H3. The van der Waals surface area contributed by atoms with Gasteiger partial charge in [0.2, 0.25) is 0 Å². The van der Waals surface area contributed by atoms with E-state index < -0.39 is 16.1 Å². The van der Waals surface area contributed by atoms with Gasteiger partial charge in [0.25, 0.3) is 0 Å². The second kappa shape index (κ2) is 5.47. The quantitative estimate of drug-likeness (QED) is 0.514. The van der Waals surface area contributed by atoms with Gasteiger partial charge in [-0.05, 0) is 18.1 Å². The predicted molar refractivity (Wildman–Crippen MR) is 79.1 cm³/mol. The lowest BCUT2D eigenvalue weighted by Gasteiger charge is -2.23. The Morgan fingerprint density at radius 3 is 1.50 bits per heavy atom. The number of hydrogen-bond donors (Lipinski definition) is 0. The summed E-state index contributed by atoms with van der Waals surface area (Å²) in [6, 6.07) is 4.21. The Morgan fingerprint density at radius 2 is 1.29 bits per heavy atom. The van der Waals surface area contributed by atoms with Crippen LogP contribution >= 0.6 is 0 Å². The molecule has 0 heterocycles. The fourth-order valence-electron chi connectivity index (χ4n) is 1.86. The molecule has 0 atom stereocenters. The van der Waals surface area contributed by atoms with Crippen LogP contribution in [-0.4, -0.2) is 26.4 Å². The first-order chi connectivity index (χ1) is 6.14. The molecule has 3 heteroatoms. The van der Waals surface area contributed by atoms with Crippen LogP contribution in [0.4, 0.5) is 0 Å². The second-order valence-corrected chi connectivity index (χ2v) is 18.5. The molecule has 0 unspecified atom stereocenters. The highest BCUT2D eigenvalue weighted by molar-refractivity contribution is 6.78. The molecule has 0 saturated heterocycles. The lowest BCUT2D eigenvalue weighted by atomic mass is 10.3. The Kier molecular flexibility index (Phi) is 5.62. The summed E-state index contributed by atoms with van der Waals surface area (Å²) in [7, 11) is -0.452. The molecule has 0 rings (SSSR count). The molecule has 0 bridgehead atoms. The molecule has 0 radical (unpaired) electrons. The van der Waals surface area contributed by atoms with Crippen molar-refractivity contribution in [2.75, 3.05) is 0 Å². The molecule has 0 aromatic rings. The maximum atomic E-state index is 2.54. The molecule has 0 aliphatic heterocycles. The van der Waals surface area contributed by atoms with Crippen LogP contribution in [0.1, 0.15) is 0 Å². The van der Waals surface area contributed by atoms with Crippen LogP contribution in [0.3, 0.4) is 0 Å².